The molecular formula is C20H18BrCl2N3O2. The van der Waals surface area contributed by atoms with E-state index in [9.17, 15) is 9.90 Å². The molecule has 0 radical (unpaired) electrons. The molecule has 0 saturated carbocycles. The topological polar surface area (TPSA) is 67.2 Å². The molecule has 2 aromatic carbocycles. The van der Waals surface area contributed by atoms with Crippen LogP contribution in [0.25, 0.3) is 17.1 Å². The van der Waals surface area contributed by atoms with Crippen LogP contribution in [0.5, 0.6) is 0 Å². The van der Waals surface area contributed by atoms with E-state index in [4.69, 9.17) is 23.2 Å². The Kier molecular flexibility index (Phi) is 6.15. The summed E-state index contributed by atoms with van der Waals surface area (Å²) in [5.74, 6) is 0.0844. The summed E-state index contributed by atoms with van der Waals surface area (Å²) in [6, 6.07) is 12.7. The van der Waals surface area contributed by atoms with Gasteiger partial charge in [0, 0.05) is 16.2 Å². The average molecular weight is 483 g/mol. The van der Waals surface area contributed by atoms with Crippen molar-refractivity contribution >= 4 is 45.0 Å². The van der Waals surface area contributed by atoms with E-state index in [1.807, 2.05) is 30.3 Å². The summed E-state index contributed by atoms with van der Waals surface area (Å²) in [5, 5.41) is 13.2. The van der Waals surface area contributed by atoms with Crippen molar-refractivity contribution < 1.29 is 9.90 Å². The first-order valence-corrected chi connectivity index (χ1v) is 10.00. The number of nitrogens with one attached hydrogen (secondary N) is 1. The molecule has 3 rings (SSSR count). The van der Waals surface area contributed by atoms with E-state index >= 15 is 0 Å². The first-order valence-electron chi connectivity index (χ1n) is 8.45. The third kappa shape index (κ3) is 4.41. The molecule has 0 saturated heterocycles. The molecule has 8 heteroatoms. The Morgan fingerprint density at radius 1 is 1.21 bits per heavy atom. The fourth-order valence-electron chi connectivity index (χ4n) is 2.59. The van der Waals surface area contributed by atoms with Crippen LogP contribution in [0.2, 0.25) is 10.0 Å². The number of nitrogens with zero attached hydrogens (tertiary/aromatic N) is 2. The van der Waals surface area contributed by atoms with E-state index in [2.05, 4.69) is 26.2 Å². The van der Waals surface area contributed by atoms with Crippen LogP contribution in [0.15, 0.2) is 53.1 Å². The summed E-state index contributed by atoms with van der Waals surface area (Å²) >= 11 is 16.2. The molecule has 0 atom stereocenters. The summed E-state index contributed by atoms with van der Waals surface area (Å²) in [7, 11) is 0. The van der Waals surface area contributed by atoms with Crippen LogP contribution in [0, 0.1) is 0 Å². The van der Waals surface area contributed by atoms with Crippen molar-refractivity contribution in [3.63, 3.8) is 0 Å². The average Bonchev–Trinajstić information content (AvgIpc) is 3.07. The maximum atomic E-state index is 12.7. The third-order valence-electron chi connectivity index (χ3n) is 4.07. The third-order valence-corrected chi connectivity index (χ3v) is 5.20. The molecule has 0 spiro atoms. The number of aromatic nitrogens is 2. The second-order valence-corrected chi connectivity index (χ2v) is 8.62. The second kappa shape index (κ2) is 8.25. The number of carbonyl (C=O) groups is 1. The first-order chi connectivity index (χ1) is 13.2. The monoisotopic (exact) mass is 481 g/mol. The number of hydrogen-bond donors (Lipinski definition) is 2. The molecule has 2 N–H and O–H groups in total. The Morgan fingerprint density at radius 3 is 2.57 bits per heavy atom. The minimum Gasteiger partial charge on any atom is -0.394 e. The number of halogens is 3. The summed E-state index contributed by atoms with van der Waals surface area (Å²) in [4.78, 5) is 17.2. The molecule has 146 valence electrons. The molecule has 1 amide bonds. The fraction of sp³-hybridized carbons (Fsp3) is 0.200. The van der Waals surface area contributed by atoms with Gasteiger partial charge < -0.3 is 10.4 Å². The van der Waals surface area contributed by atoms with Gasteiger partial charge in [-0.3, -0.25) is 9.36 Å². The maximum Gasteiger partial charge on any atom is 0.271 e. The number of carbonyl (C=O) groups excluding carboxylic acids is 1. The molecule has 0 bridgehead atoms. The van der Waals surface area contributed by atoms with E-state index in [1.165, 1.54) is 0 Å². The minimum absolute atomic E-state index is 0.190. The largest absolute Gasteiger partial charge is 0.394 e. The highest BCUT2D eigenvalue weighted by atomic mass is 79.9. The summed E-state index contributed by atoms with van der Waals surface area (Å²) in [6.45, 7) is 3.25. The molecule has 0 unspecified atom stereocenters. The van der Waals surface area contributed by atoms with Crippen LogP contribution >= 0.6 is 39.1 Å². The van der Waals surface area contributed by atoms with Crippen LogP contribution in [0.1, 0.15) is 24.3 Å². The molecular weight excluding hydrogens is 465 g/mol. The zero-order chi connectivity index (χ0) is 20.5. The Labute approximate surface area is 181 Å². The van der Waals surface area contributed by atoms with Crippen molar-refractivity contribution in [2.75, 3.05) is 6.61 Å². The normalized spacial score (nSPS) is 11.5. The smallest absolute Gasteiger partial charge is 0.271 e. The molecule has 0 aliphatic carbocycles. The second-order valence-electron chi connectivity index (χ2n) is 6.89. The summed E-state index contributed by atoms with van der Waals surface area (Å²) in [5.41, 5.74) is 0.743. The summed E-state index contributed by atoms with van der Waals surface area (Å²) < 4.78 is 2.57. The lowest BCUT2D eigenvalue weighted by atomic mass is 10.1. The van der Waals surface area contributed by atoms with Crippen LogP contribution in [0.4, 0.5) is 0 Å². The van der Waals surface area contributed by atoms with Crippen LogP contribution in [0.3, 0.4) is 0 Å². The lowest BCUT2D eigenvalue weighted by molar-refractivity contribution is 0.0864. The van der Waals surface area contributed by atoms with Gasteiger partial charge in [0.2, 0.25) is 0 Å². The SMILES string of the molecule is CC(C)(CO)NC(=O)c1cn(-c2ccc(Br)cc2Cl)c(-c2ccccc2Cl)n1. The fourth-order valence-corrected chi connectivity index (χ4v) is 3.58. The van der Waals surface area contributed by atoms with Crippen molar-refractivity contribution in [3.8, 4) is 17.1 Å². The van der Waals surface area contributed by atoms with Crippen molar-refractivity contribution in [3.05, 3.63) is 68.9 Å². The van der Waals surface area contributed by atoms with E-state index in [-0.39, 0.29) is 12.3 Å². The Bertz CT molecular complexity index is 1030. The highest BCUT2D eigenvalue weighted by Gasteiger charge is 2.24. The van der Waals surface area contributed by atoms with Gasteiger partial charge in [0.15, 0.2) is 0 Å². The standard InChI is InChI=1S/C20H18BrCl2N3O2/c1-20(2,11-27)25-19(28)16-10-26(17-8-7-12(21)9-15(17)23)18(24-16)13-5-3-4-6-14(13)22/h3-10,27H,11H2,1-2H3,(H,25,28). The van der Waals surface area contributed by atoms with Crippen LogP contribution in [-0.2, 0) is 0 Å². The number of hydrogen-bond acceptors (Lipinski definition) is 3. The number of imidazole rings is 1. The van der Waals surface area contributed by atoms with Crippen LogP contribution < -0.4 is 5.32 Å². The number of aliphatic hydroxyl groups excluding tert-OH is 1. The number of aliphatic hydroxyl groups is 1. The van der Waals surface area contributed by atoms with E-state index in [0.29, 0.717) is 27.1 Å². The maximum absolute atomic E-state index is 12.7. The van der Waals surface area contributed by atoms with Gasteiger partial charge in [0.05, 0.1) is 27.9 Å². The van der Waals surface area contributed by atoms with Gasteiger partial charge in [-0.1, -0.05) is 51.3 Å². The molecule has 0 aliphatic rings. The summed E-state index contributed by atoms with van der Waals surface area (Å²) in [6.07, 6.45) is 1.61. The van der Waals surface area contributed by atoms with Gasteiger partial charge in [-0.25, -0.2) is 4.98 Å². The van der Waals surface area contributed by atoms with Crippen LogP contribution in [-0.4, -0.2) is 32.7 Å². The van der Waals surface area contributed by atoms with Gasteiger partial charge >= 0.3 is 0 Å². The van der Waals surface area contributed by atoms with E-state index in [0.717, 1.165) is 4.47 Å². The number of amides is 1. The van der Waals surface area contributed by atoms with Gasteiger partial charge in [0.25, 0.3) is 5.91 Å². The first kappa shape index (κ1) is 20.9. The quantitative estimate of drug-likeness (QED) is 0.531. The van der Waals surface area contributed by atoms with Gasteiger partial charge in [-0.05, 0) is 44.2 Å². The van der Waals surface area contributed by atoms with Gasteiger partial charge in [-0.15, -0.1) is 0 Å². The van der Waals surface area contributed by atoms with Crippen molar-refractivity contribution in [2.24, 2.45) is 0 Å². The zero-order valence-corrected chi connectivity index (χ0v) is 18.3. The number of benzene rings is 2. The highest BCUT2D eigenvalue weighted by molar-refractivity contribution is 9.10. The van der Waals surface area contributed by atoms with Crippen molar-refractivity contribution in [1.29, 1.82) is 0 Å². The predicted octanol–water partition coefficient (Wildman–Crippen LogP) is 5.11. The minimum atomic E-state index is -0.777. The molecule has 5 nitrogen and oxygen atoms in total. The molecule has 3 aromatic rings. The molecule has 28 heavy (non-hydrogen) atoms. The Balaban J connectivity index is 2.16. The molecule has 0 aliphatic heterocycles. The zero-order valence-electron chi connectivity index (χ0n) is 15.2. The lowest BCUT2D eigenvalue weighted by Crippen LogP contribution is -2.46. The molecule has 0 fully saturated rings. The van der Waals surface area contributed by atoms with E-state index in [1.54, 1.807) is 36.7 Å². The number of rotatable bonds is 5. The van der Waals surface area contributed by atoms with Gasteiger partial charge in [0.1, 0.15) is 11.5 Å². The van der Waals surface area contributed by atoms with E-state index < -0.39 is 11.4 Å². The predicted molar refractivity (Wildman–Crippen MR) is 115 cm³/mol. The van der Waals surface area contributed by atoms with Crippen molar-refractivity contribution in [1.82, 2.24) is 14.9 Å². The molecule has 1 heterocycles. The highest BCUT2D eigenvalue weighted by Crippen LogP contribution is 2.32. The molecule has 1 aromatic heterocycles. The van der Waals surface area contributed by atoms with Gasteiger partial charge in [-0.2, -0.15) is 0 Å². The Hall–Kier alpha value is -1.86. The Morgan fingerprint density at radius 2 is 1.93 bits per heavy atom. The van der Waals surface area contributed by atoms with Crippen molar-refractivity contribution in [2.45, 2.75) is 19.4 Å². The lowest BCUT2D eigenvalue weighted by Gasteiger charge is -2.22.